The molecule has 0 spiro atoms. The minimum absolute atomic E-state index is 0.211. The topological polar surface area (TPSA) is 55.8 Å². The lowest BCUT2D eigenvalue weighted by Gasteiger charge is -2.21. The maximum absolute atomic E-state index is 10.5. The first kappa shape index (κ1) is 13.5. The van der Waals surface area contributed by atoms with Crippen LogP contribution in [0.3, 0.4) is 0 Å². The normalized spacial score (nSPS) is 12.5. The van der Waals surface area contributed by atoms with Gasteiger partial charge in [-0.15, -0.1) is 0 Å². The third kappa shape index (κ3) is 4.07. The van der Waals surface area contributed by atoms with Gasteiger partial charge in [0, 0.05) is 0 Å². The Morgan fingerprint density at radius 3 is 2.29 bits per heavy atom. The summed E-state index contributed by atoms with van der Waals surface area (Å²) in [6.45, 7) is 3.71. The number of carbonyl (C=O) groups is 1. The van der Waals surface area contributed by atoms with Crippen molar-refractivity contribution in [2.45, 2.75) is 20.0 Å². The number of benzene rings is 1. The minimum atomic E-state index is -0.954. The summed E-state index contributed by atoms with van der Waals surface area (Å²) in [7, 11) is 1.61. The summed E-state index contributed by atoms with van der Waals surface area (Å²) in [5, 5.41) is 8.63. The number of carboxylic acid groups (broad SMARTS) is 1. The molecule has 1 atom stereocenters. The van der Waals surface area contributed by atoms with E-state index in [0.29, 0.717) is 0 Å². The van der Waals surface area contributed by atoms with E-state index in [1.807, 2.05) is 38.1 Å². The molecule has 1 rings (SSSR count). The second-order valence-electron chi connectivity index (χ2n) is 4.14. The fraction of sp³-hybridized carbons (Fsp3) is 0.462. The third-order valence-electron chi connectivity index (χ3n) is 2.44. The van der Waals surface area contributed by atoms with Crippen molar-refractivity contribution in [1.82, 2.24) is 0 Å². The molecule has 0 fully saturated rings. The molecule has 0 heterocycles. The first-order valence-electron chi connectivity index (χ1n) is 5.52. The second-order valence-corrected chi connectivity index (χ2v) is 4.14. The zero-order valence-electron chi connectivity index (χ0n) is 10.3. The lowest BCUT2D eigenvalue weighted by molar-refractivity contribution is -0.145. The van der Waals surface area contributed by atoms with Crippen LogP contribution in [0.4, 0.5) is 0 Å². The lowest BCUT2D eigenvalue weighted by atomic mass is 9.99. The number of rotatable bonds is 6. The lowest BCUT2D eigenvalue weighted by Crippen LogP contribution is -2.16. The summed E-state index contributed by atoms with van der Waals surface area (Å²) in [4.78, 5) is 10.5. The van der Waals surface area contributed by atoms with Crippen LogP contribution in [-0.4, -0.2) is 24.8 Å². The van der Waals surface area contributed by atoms with Crippen LogP contribution in [0.15, 0.2) is 24.3 Å². The first-order valence-corrected chi connectivity index (χ1v) is 5.52. The Labute approximate surface area is 101 Å². The SMILES string of the molecule is COc1ccc(C(OCC(=O)O)C(C)C)cc1. The number of hydrogen-bond acceptors (Lipinski definition) is 3. The zero-order chi connectivity index (χ0) is 12.8. The number of methoxy groups -OCH3 is 1. The second kappa shape index (κ2) is 6.25. The van der Waals surface area contributed by atoms with Crippen molar-refractivity contribution >= 4 is 5.97 Å². The summed E-state index contributed by atoms with van der Waals surface area (Å²) in [5.74, 6) is 0.0291. The van der Waals surface area contributed by atoms with Crippen LogP contribution < -0.4 is 4.74 Å². The highest BCUT2D eigenvalue weighted by atomic mass is 16.5. The monoisotopic (exact) mass is 238 g/mol. The van der Waals surface area contributed by atoms with Crippen LogP contribution in [0.2, 0.25) is 0 Å². The van der Waals surface area contributed by atoms with Crippen molar-refractivity contribution in [2.24, 2.45) is 5.92 Å². The van der Waals surface area contributed by atoms with E-state index >= 15 is 0 Å². The maximum atomic E-state index is 10.5. The van der Waals surface area contributed by atoms with E-state index in [4.69, 9.17) is 14.6 Å². The predicted molar refractivity (Wildman–Crippen MR) is 64.2 cm³/mol. The van der Waals surface area contributed by atoms with E-state index in [0.717, 1.165) is 11.3 Å². The summed E-state index contributed by atoms with van der Waals surface area (Å²) in [6.07, 6.45) is -0.211. The maximum Gasteiger partial charge on any atom is 0.329 e. The smallest absolute Gasteiger partial charge is 0.329 e. The third-order valence-corrected chi connectivity index (χ3v) is 2.44. The van der Waals surface area contributed by atoms with E-state index in [1.165, 1.54) is 0 Å². The van der Waals surface area contributed by atoms with Crippen molar-refractivity contribution < 1.29 is 19.4 Å². The summed E-state index contributed by atoms with van der Waals surface area (Å²) >= 11 is 0. The Hall–Kier alpha value is -1.55. The first-order chi connectivity index (χ1) is 8.04. The molecule has 17 heavy (non-hydrogen) atoms. The van der Waals surface area contributed by atoms with Gasteiger partial charge >= 0.3 is 5.97 Å². The van der Waals surface area contributed by atoms with Crippen molar-refractivity contribution in [1.29, 1.82) is 0 Å². The van der Waals surface area contributed by atoms with Crippen molar-refractivity contribution in [3.8, 4) is 5.75 Å². The Morgan fingerprint density at radius 1 is 1.29 bits per heavy atom. The minimum Gasteiger partial charge on any atom is -0.497 e. The molecule has 1 aromatic rings. The van der Waals surface area contributed by atoms with Crippen LogP contribution in [0, 0.1) is 5.92 Å². The molecular weight excluding hydrogens is 220 g/mol. The molecule has 0 aliphatic heterocycles. The molecule has 1 unspecified atom stereocenters. The predicted octanol–water partition coefficient (Wildman–Crippen LogP) is 2.49. The number of aliphatic carboxylic acids is 1. The van der Waals surface area contributed by atoms with Crippen LogP contribution in [0.1, 0.15) is 25.5 Å². The fourth-order valence-corrected chi connectivity index (χ4v) is 1.63. The molecule has 1 aromatic carbocycles. The Kier molecular flexibility index (Phi) is 4.97. The molecule has 0 aliphatic carbocycles. The van der Waals surface area contributed by atoms with Gasteiger partial charge in [0.1, 0.15) is 12.4 Å². The van der Waals surface area contributed by atoms with Crippen LogP contribution in [0.5, 0.6) is 5.75 Å². The molecular formula is C13H18O4. The fourth-order valence-electron chi connectivity index (χ4n) is 1.63. The number of ether oxygens (including phenoxy) is 2. The van der Waals surface area contributed by atoms with Crippen LogP contribution in [-0.2, 0) is 9.53 Å². The Morgan fingerprint density at radius 2 is 1.88 bits per heavy atom. The molecule has 0 aliphatic rings. The van der Waals surface area contributed by atoms with Gasteiger partial charge < -0.3 is 14.6 Å². The van der Waals surface area contributed by atoms with Gasteiger partial charge in [0.2, 0.25) is 0 Å². The highest BCUT2D eigenvalue weighted by molar-refractivity contribution is 5.68. The van der Waals surface area contributed by atoms with Gasteiger partial charge in [-0.1, -0.05) is 26.0 Å². The average Bonchev–Trinajstić information content (AvgIpc) is 2.29. The standard InChI is InChI=1S/C13H18O4/c1-9(2)13(17-8-12(14)15)10-4-6-11(16-3)7-5-10/h4-7,9,13H,8H2,1-3H3,(H,14,15). The largest absolute Gasteiger partial charge is 0.497 e. The summed E-state index contributed by atoms with van der Waals surface area (Å²) in [5.41, 5.74) is 0.960. The van der Waals surface area contributed by atoms with Crippen LogP contribution >= 0.6 is 0 Å². The van der Waals surface area contributed by atoms with E-state index in [2.05, 4.69) is 0 Å². The molecule has 0 radical (unpaired) electrons. The molecule has 94 valence electrons. The van der Waals surface area contributed by atoms with Gasteiger partial charge in [-0.25, -0.2) is 4.79 Å². The van der Waals surface area contributed by atoms with Crippen LogP contribution in [0.25, 0.3) is 0 Å². The van der Waals surface area contributed by atoms with Crippen molar-refractivity contribution in [2.75, 3.05) is 13.7 Å². The highest BCUT2D eigenvalue weighted by Gasteiger charge is 2.17. The van der Waals surface area contributed by atoms with E-state index in [1.54, 1.807) is 7.11 Å². The van der Waals surface area contributed by atoms with Crippen molar-refractivity contribution in [3.05, 3.63) is 29.8 Å². The van der Waals surface area contributed by atoms with Gasteiger partial charge in [-0.3, -0.25) is 0 Å². The van der Waals surface area contributed by atoms with Crippen molar-refractivity contribution in [3.63, 3.8) is 0 Å². The molecule has 0 bridgehead atoms. The highest BCUT2D eigenvalue weighted by Crippen LogP contribution is 2.27. The molecule has 1 N–H and O–H groups in total. The van der Waals surface area contributed by atoms with E-state index < -0.39 is 5.97 Å². The van der Waals surface area contributed by atoms with E-state index in [9.17, 15) is 4.79 Å². The average molecular weight is 238 g/mol. The van der Waals surface area contributed by atoms with Gasteiger partial charge in [0.15, 0.2) is 0 Å². The molecule has 0 aromatic heterocycles. The summed E-state index contributed by atoms with van der Waals surface area (Å²) < 4.78 is 10.5. The van der Waals surface area contributed by atoms with Gasteiger partial charge in [-0.2, -0.15) is 0 Å². The molecule has 4 nitrogen and oxygen atoms in total. The quantitative estimate of drug-likeness (QED) is 0.827. The van der Waals surface area contributed by atoms with Gasteiger partial charge in [0.25, 0.3) is 0 Å². The number of hydrogen-bond donors (Lipinski definition) is 1. The summed E-state index contributed by atoms with van der Waals surface area (Å²) in [6, 6.07) is 7.47. The Bertz CT molecular complexity index is 356. The van der Waals surface area contributed by atoms with Gasteiger partial charge in [0.05, 0.1) is 13.2 Å². The zero-order valence-corrected chi connectivity index (χ0v) is 10.3. The van der Waals surface area contributed by atoms with E-state index in [-0.39, 0.29) is 18.6 Å². The van der Waals surface area contributed by atoms with Gasteiger partial charge in [-0.05, 0) is 23.6 Å². The molecule has 0 saturated carbocycles. The number of carboxylic acids is 1. The molecule has 0 amide bonds. The molecule has 4 heteroatoms. The molecule has 0 saturated heterocycles. The Balaban J connectivity index is 2.78.